The van der Waals surface area contributed by atoms with Gasteiger partial charge in [0, 0.05) is 12.1 Å². The average molecular weight is 228 g/mol. The first kappa shape index (κ1) is 11.5. The van der Waals surface area contributed by atoms with Crippen LogP contribution in [-0.4, -0.2) is 13.5 Å². The largest absolute Gasteiger partial charge is 0.460 e. The van der Waals surface area contributed by atoms with E-state index in [2.05, 4.69) is 9.47 Å². The summed E-state index contributed by atoms with van der Waals surface area (Å²) >= 11 is 0. The number of ether oxygens (including phenoxy) is 2. The number of hydrogen-bond donors (Lipinski definition) is 0. The maximum atomic E-state index is 12.8. The van der Waals surface area contributed by atoms with Crippen LogP contribution in [0.1, 0.15) is 0 Å². The Morgan fingerprint density at radius 3 is 2.20 bits per heavy atom. The third kappa shape index (κ3) is 2.97. The molecule has 0 aliphatic carbocycles. The fourth-order valence-electron chi connectivity index (χ4n) is 0.866. The summed E-state index contributed by atoms with van der Waals surface area (Å²) in [6.45, 7) is -4.63. The molecule has 0 heterocycles. The molecule has 15 heavy (non-hydrogen) atoms. The van der Waals surface area contributed by atoms with Crippen LogP contribution in [0.3, 0.4) is 0 Å². The molecule has 0 amide bonds. The monoisotopic (exact) mass is 228 g/mol. The highest BCUT2D eigenvalue weighted by molar-refractivity contribution is 5.35. The molecule has 0 saturated heterocycles. The molecule has 0 N–H and O–H groups in total. The summed E-state index contributed by atoms with van der Waals surface area (Å²) in [7, 11) is 0. The van der Waals surface area contributed by atoms with Crippen molar-refractivity contribution in [2.75, 3.05) is 6.86 Å². The molecule has 7 heteroatoms. The quantitative estimate of drug-likeness (QED) is 0.737. The number of benzene rings is 1. The minimum Gasteiger partial charge on any atom is -0.460 e. The Labute approximate surface area is 81.2 Å². The van der Waals surface area contributed by atoms with Gasteiger partial charge in [-0.2, -0.15) is 8.78 Å². The maximum Gasteiger partial charge on any atom is 0.387 e. The van der Waals surface area contributed by atoms with Crippen molar-refractivity contribution < 1.29 is 31.4 Å². The van der Waals surface area contributed by atoms with E-state index in [4.69, 9.17) is 0 Å². The van der Waals surface area contributed by atoms with Gasteiger partial charge in [-0.3, -0.25) is 0 Å². The van der Waals surface area contributed by atoms with Crippen molar-refractivity contribution in [1.29, 1.82) is 0 Å². The summed E-state index contributed by atoms with van der Waals surface area (Å²) in [5.74, 6) is -4.13. The van der Waals surface area contributed by atoms with Gasteiger partial charge in [-0.1, -0.05) is 0 Å². The van der Waals surface area contributed by atoms with E-state index in [0.717, 1.165) is 0 Å². The molecule has 0 radical (unpaired) electrons. The molecule has 0 aliphatic heterocycles. The molecule has 1 rings (SSSR count). The van der Waals surface area contributed by atoms with E-state index in [1.165, 1.54) is 0 Å². The molecule has 0 saturated carbocycles. The van der Waals surface area contributed by atoms with Gasteiger partial charge in [-0.15, -0.1) is 0 Å². The van der Waals surface area contributed by atoms with Gasteiger partial charge in [-0.05, 0) is 0 Å². The van der Waals surface area contributed by atoms with Gasteiger partial charge in [0.1, 0.15) is 0 Å². The number of halogens is 5. The zero-order chi connectivity index (χ0) is 11.4. The predicted molar refractivity (Wildman–Crippen MR) is 39.6 cm³/mol. The topological polar surface area (TPSA) is 18.5 Å². The molecule has 0 spiro atoms. The molecule has 0 bridgehead atoms. The predicted octanol–water partition coefficient (Wildman–Crippen LogP) is 2.87. The Morgan fingerprint density at radius 2 is 1.67 bits per heavy atom. The van der Waals surface area contributed by atoms with Crippen molar-refractivity contribution >= 4 is 0 Å². The van der Waals surface area contributed by atoms with Crippen LogP contribution in [0.25, 0.3) is 0 Å². The lowest BCUT2D eigenvalue weighted by Gasteiger charge is -2.08. The second-order valence-corrected chi connectivity index (χ2v) is 2.35. The first-order valence-electron chi connectivity index (χ1n) is 3.67. The van der Waals surface area contributed by atoms with E-state index in [-0.39, 0.29) is 6.07 Å². The smallest absolute Gasteiger partial charge is 0.387 e. The average Bonchev–Trinajstić information content (AvgIpc) is 2.12. The third-order valence-corrected chi connectivity index (χ3v) is 1.41. The van der Waals surface area contributed by atoms with Crippen LogP contribution >= 0.6 is 0 Å². The van der Waals surface area contributed by atoms with E-state index in [1.807, 2.05) is 0 Å². The van der Waals surface area contributed by atoms with Gasteiger partial charge >= 0.3 is 6.61 Å². The minimum atomic E-state index is -3.26. The highest BCUT2D eigenvalue weighted by Crippen LogP contribution is 2.28. The molecule has 1 aromatic rings. The second kappa shape index (κ2) is 4.81. The summed E-state index contributed by atoms with van der Waals surface area (Å²) in [4.78, 5) is 0. The summed E-state index contributed by atoms with van der Waals surface area (Å²) in [5, 5.41) is 0. The normalized spacial score (nSPS) is 10.5. The van der Waals surface area contributed by atoms with Crippen LogP contribution in [0.15, 0.2) is 12.1 Å². The Morgan fingerprint density at radius 1 is 1.07 bits per heavy atom. The molecule has 0 unspecified atom stereocenters. The molecule has 0 aliphatic rings. The van der Waals surface area contributed by atoms with E-state index in [0.29, 0.717) is 6.07 Å². The highest BCUT2D eigenvalue weighted by Gasteiger charge is 2.15. The molecular weight excluding hydrogens is 223 g/mol. The van der Waals surface area contributed by atoms with Crippen LogP contribution in [-0.2, 0) is 0 Å². The Bertz CT molecular complexity index is 342. The first-order valence-corrected chi connectivity index (χ1v) is 3.67. The summed E-state index contributed by atoms with van der Waals surface area (Å²) in [6, 6.07) is 0.777. The second-order valence-electron chi connectivity index (χ2n) is 2.35. The maximum absolute atomic E-state index is 12.8. The molecule has 2 nitrogen and oxygen atoms in total. The number of hydrogen-bond acceptors (Lipinski definition) is 2. The van der Waals surface area contributed by atoms with Crippen LogP contribution in [0.5, 0.6) is 11.5 Å². The van der Waals surface area contributed by atoms with Gasteiger partial charge in [0.15, 0.2) is 23.1 Å². The third-order valence-electron chi connectivity index (χ3n) is 1.41. The van der Waals surface area contributed by atoms with Gasteiger partial charge < -0.3 is 9.47 Å². The van der Waals surface area contributed by atoms with Crippen molar-refractivity contribution in [3.8, 4) is 11.5 Å². The first-order chi connectivity index (χ1) is 7.04. The number of alkyl halides is 3. The number of rotatable bonds is 4. The van der Waals surface area contributed by atoms with Crippen LogP contribution in [0, 0.1) is 11.6 Å². The lowest BCUT2D eigenvalue weighted by Crippen LogP contribution is -2.05. The molecular formula is C8H5F5O2. The fraction of sp³-hybridized carbons (Fsp3) is 0.250. The lowest BCUT2D eigenvalue weighted by atomic mass is 10.3. The van der Waals surface area contributed by atoms with E-state index in [1.54, 1.807) is 0 Å². The summed E-state index contributed by atoms with van der Waals surface area (Å²) in [5.41, 5.74) is 0. The Hall–Kier alpha value is -1.53. The molecule has 0 fully saturated rings. The van der Waals surface area contributed by atoms with E-state index < -0.39 is 36.6 Å². The lowest BCUT2D eigenvalue weighted by molar-refractivity contribution is -0.0524. The SMILES string of the molecule is FCOc1cc(OC(F)F)c(F)cc1F. The summed E-state index contributed by atoms with van der Waals surface area (Å²) in [6.07, 6.45) is 0. The summed E-state index contributed by atoms with van der Waals surface area (Å²) < 4.78 is 68.5. The Balaban J connectivity index is 3.00. The zero-order valence-corrected chi connectivity index (χ0v) is 7.15. The van der Waals surface area contributed by atoms with Crippen LogP contribution in [0.2, 0.25) is 0 Å². The van der Waals surface area contributed by atoms with E-state index >= 15 is 0 Å². The van der Waals surface area contributed by atoms with Gasteiger partial charge in [-0.25, -0.2) is 13.2 Å². The molecule has 0 atom stereocenters. The molecule has 84 valence electrons. The Kier molecular flexibility index (Phi) is 3.70. The van der Waals surface area contributed by atoms with E-state index in [9.17, 15) is 22.0 Å². The van der Waals surface area contributed by atoms with Crippen molar-refractivity contribution in [2.45, 2.75) is 6.61 Å². The van der Waals surface area contributed by atoms with Gasteiger partial charge in [0.25, 0.3) is 0 Å². The van der Waals surface area contributed by atoms with Gasteiger partial charge in [0.05, 0.1) is 0 Å². The fourth-order valence-corrected chi connectivity index (χ4v) is 0.866. The van der Waals surface area contributed by atoms with Crippen molar-refractivity contribution in [2.24, 2.45) is 0 Å². The zero-order valence-electron chi connectivity index (χ0n) is 7.15. The molecule has 0 aromatic heterocycles. The van der Waals surface area contributed by atoms with Crippen molar-refractivity contribution in [3.63, 3.8) is 0 Å². The van der Waals surface area contributed by atoms with Crippen LogP contribution in [0.4, 0.5) is 22.0 Å². The highest BCUT2D eigenvalue weighted by atomic mass is 19.3. The van der Waals surface area contributed by atoms with Crippen LogP contribution < -0.4 is 9.47 Å². The van der Waals surface area contributed by atoms with Crippen molar-refractivity contribution in [3.05, 3.63) is 23.8 Å². The van der Waals surface area contributed by atoms with Crippen molar-refractivity contribution in [1.82, 2.24) is 0 Å². The van der Waals surface area contributed by atoms with Gasteiger partial charge in [0.2, 0.25) is 6.86 Å². The minimum absolute atomic E-state index is 0.267. The standard InChI is InChI=1S/C8H5F5O2/c9-3-14-6-2-7(15-8(12)13)5(11)1-4(6)10/h1-2,8H,3H2. The molecule has 1 aromatic carbocycles.